The van der Waals surface area contributed by atoms with Gasteiger partial charge in [0, 0.05) is 18.0 Å². The second-order valence-corrected chi connectivity index (χ2v) is 3.50. The van der Waals surface area contributed by atoms with E-state index in [1.54, 1.807) is 36.5 Å². The summed E-state index contributed by atoms with van der Waals surface area (Å²) in [5.41, 5.74) is 6.51. The minimum absolute atomic E-state index is 0.380. The van der Waals surface area contributed by atoms with Crippen molar-refractivity contribution in [1.29, 1.82) is 5.26 Å². The molecule has 0 aliphatic carbocycles. The van der Waals surface area contributed by atoms with Gasteiger partial charge in [0.25, 0.3) is 0 Å². The van der Waals surface area contributed by atoms with Crippen LogP contribution >= 0.6 is 0 Å². The first-order valence-corrected chi connectivity index (χ1v) is 5.20. The van der Waals surface area contributed by atoms with E-state index < -0.39 is 0 Å². The fourth-order valence-electron chi connectivity index (χ4n) is 1.42. The number of hydrogen-bond donors (Lipinski definition) is 1. The van der Waals surface area contributed by atoms with Crippen LogP contribution < -0.4 is 15.2 Å². The van der Waals surface area contributed by atoms with Gasteiger partial charge in [0.15, 0.2) is 0 Å². The zero-order valence-corrected chi connectivity index (χ0v) is 9.75. The number of rotatable bonds is 3. The molecular weight excluding hydrogens is 230 g/mol. The van der Waals surface area contributed by atoms with Crippen LogP contribution in [0.1, 0.15) is 5.56 Å². The lowest BCUT2D eigenvalue weighted by Gasteiger charge is -2.08. The van der Waals surface area contributed by atoms with Gasteiger partial charge in [-0.25, -0.2) is 4.98 Å². The largest absolute Gasteiger partial charge is 0.481 e. The summed E-state index contributed by atoms with van der Waals surface area (Å²) in [6, 6.07) is 10.2. The van der Waals surface area contributed by atoms with Crippen molar-refractivity contribution in [2.75, 3.05) is 12.8 Å². The number of pyridine rings is 1. The van der Waals surface area contributed by atoms with Crippen molar-refractivity contribution in [3.63, 3.8) is 0 Å². The van der Waals surface area contributed by atoms with Crippen LogP contribution in [0.3, 0.4) is 0 Å². The van der Waals surface area contributed by atoms with Crippen molar-refractivity contribution in [3.8, 4) is 23.4 Å². The number of nitrogens with two attached hydrogens (primary N) is 1. The summed E-state index contributed by atoms with van der Waals surface area (Å²) in [5, 5.41) is 9.00. The third kappa shape index (κ3) is 2.50. The highest BCUT2D eigenvalue weighted by Gasteiger charge is 2.06. The first-order valence-electron chi connectivity index (χ1n) is 5.20. The molecule has 0 unspecified atom stereocenters. The van der Waals surface area contributed by atoms with Crippen molar-refractivity contribution in [2.24, 2.45) is 0 Å². The molecule has 18 heavy (non-hydrogen) atoms. The predicted molar refractivity (Wildman–Crippen MR) is 66.4 cm³/mol. The number of nitrogens with zero attached hydrogens (tertiary/aromatic N) is 2. The molecule has 0 saturated heterocycles. The summed E-state index contributed by atoms with van der Waals surface area (Å²) in [6.07, 6.45) is 1.57. The van der Waals surface area contributed by atoms with E-state index in [0.29, 0.717) is 28.6 Å². The Hall–Kier alpha value is -2.74. The van der Waals surface area contributed by atoms with Gasteiger partial charge >= 0.3 is 0 Å². The number of anilines is 1. The van der Waals surface area contributed by atoms with E-state index >= 15 is 0 Å². The molecule has 0 aliphatic heterocycles. The smallest absolute Gasteiger partial charge is 0.216 e. The molecular formula is C13H11N3O2. The number of methoxy groups -OCH3 is 1. The van der Waals surface area contributed by atoms with Crippen molar-refractivity contribution in [3.05, 3.63) is 42.1 Å². The molecule has 2 aromatic rings. The fourth-order valence-corrected chi connectivity index (χ4v) is 1.42. The Morgan fingerprint density at radius 2 is 2.11 bits per heavy atom. The van der Waals surface area contributed by atoms with E-state index in [1.807, 2.05) is 6.07 Å². The molecule has 0 amide bonds. The lowest BCUT2D eigenvalue weighted by molar-refractivity contribution is 0.392. The van der Waals surface area contributed by atoms with E-state index in [4.69, 9.17) is 20.5 Å². The highest BCUT2D eigenvalue weighted by molar-refractivity contribution is 5.54. The maximum absolute atomic E-state index is 9.00. The van der Waals surface area contributed by atoms with Crippen LogP contribution in [-0.2, 0) is 0 Å². The quantitative estimate of drug-likeness (QED) is 0.834. The highest BCUT2D eigenvalue weighted by atomic mass is 16.5. The first-order chi connectivity index (χ1) is 8.72. The van der Waals surface area contributed by atoms with Crippen LogP contribution in [0.25, 0.3) is 0 Å². The lowest BCUT2D eigenvalue weighted by Crippen LogP contribution is -1.93. The number of nitriles is 1. The summed E-state index contributed by atoms with van der Waals surface area (Å²) < 4.78 is 10.6. The zero-order valence-electron chi connectivity index (χ0n) is 9.75. The molecule has 0 radical (unpaired) electrons. The van der Waals surface area contributed by atoms with Gasteiger partial charge in [-0.15, -0.1) is 0 Å². The van der Waals surface area contributed by atoms with E-state index in [2.05, 4.69) is 4.98 Å². The van der Waals surface area contributed by atoms with Crippen LogP contribution in [0.4, 0.5) is 5.69 Å². The Morgan fingerprint density at radius 1 is 1.28 bits per heavy atom. The molecule has 2 rings (SSSR count). The summed E-state index contributed by atoms with van der Waals surface area (Å²) in [7, 11) is 1.52. The first kappa shape index (κ1) is 11.7. The van der Waals surface area contributed by atoms with Crippen LogP contribution in [0.2, 0.25) is 0 Å². The van der Waals surface area contributed by atoms with Gasteiger partial charge in [-0.2, -0.15) is 5.26 Å². The third-order valence-electron chi connectivity index (χ3n) is 2.27. The maximum atomic E-state index is 9.00. The molecule has 1 aromatic carbocycles. The normalized spacial score (nSPS) is 9.56. The molecule has 1 aromatic heterocycles. The zero-order chi connectivity index (χ0) is 13.0. The molecule has 0 bridgehead atoms. The van der Waals surface area contributed by atoms with Crippen LogP contribution in [0, 0.1) is 11.3 Å². The van der Waals surface area contributed by atoms with Crippen LogP contribution in [0.15, 0.2) is 36.5 Å². The Kier molecular flexibility index (Phi) is 3.30. The van der Waals surface area contributed by atoms with Gasteiger partial charge in [-0.3, -0.25) is 0 Å². The standard InChI is InChI=1S/C13H11N3O2/c1-17-13-7-11(4-5-16-13)18-12-3-2-10(15)6-9(12)8-14/h2-7H,15H2,1H3. The highest BCUT2D eigenvalue weighted by Crippen LogP contribution is 2.27. The average Bonchev–Trinajstić information content (AvgIpc) is 2.41. The molecule has 5 heteroatoms. The Bertz CT molecular complexity index is 605. The van der Waals surface area contributed by atoms with Crippen molar-refractivity contribution >= 4 is 5.69 Å². The summed E-state index contributed by atoms with van der Waals surface area (Å²) in [4.78, 5) is 3.97. The fraction of sp³-hybridized carbons (Fsp3) is 0.0769. The summed E-state index contributed by atoms with van der Waals surface area (Å²) >= 11 is 0. The van der Waals surface area contributed by atoms with E-state index in [-0.39, 0.29) is 0 Å². The SMILES string of the molecule is COc1cc(Oc2ccc(N)cc2C#N)ccn1. The molecule has 0 saturated carbocycles. The lowest BCUT2D eigenvalue weighted by atomic mass is 10.2. The van der Waals surface area contributed by atoms with Crippen LogP contribution in [0.5, 0.6) is 17.4 Å². The molecule has 0 atom stereocenters. The van der Waals surface area contributed by atoms with E-state index in [1.165, 1.54) is 7.11 Å². The number of benzene rings is 1. The molecule has 5 nitrogen and oxygen atoms in total. The second kappa shape index (κ2) is 5.06. The number of ether oxygens (including phenoxy) is 2. The minimum Gasteiger partial charge on any atom is -0.481 e. The summed E-state index contributed by atoms with van der Waals surface area (Å²) in [5.74, 6) is 1.43. The van der Waals surface area contributed by atoms with Gasteiger partial charge < -0.3 is 15.2 Å². The average molecular weight is 241 g/mol. The molecule has 1 heterocycles. The van der Waals surface area contributed by atoms with Gasteiger partial charge in [0.1, 0.15) is 17.6 Å². The predicted octanol–water partition coefficient (Wildman–Crippen LogP) is 2.34. The summed E-state index contributed by atoms with van der Waals surface area (Å²) in [6.45, 7) is 0. The van der Waals surface area contributed by atoms with Gasteiger partial charge in [0.2, 0.25) is 5.88 Å². The van der Waals surface area contributed by atoms with Crippen molar-refractivity contribution in [1.82, 2.24) is 4.98 Å². The van der Waals surface area contributed by atoms with E-state index in [0.717, 1.165) is 0 Å². The monoisotopic (exact) mass is 241 g/mol. The van der Waals surface area contributed by atoms with Gasteiger partial charge in [-0.1, -0.05) is 0 Å². The minimum atomic E-state index is 0.380. The second-order valence-electron chi connectivity index (χ2n) is 3.50. The topological polar surface area (TPSA) is 81.2 Å². The maximum Gasteiger partial charge on any atom is 0.216 e. The molecule has 0 aliphatic rings. The Labute approximate surface area is 104 Å². The third-order valence-corrected chi connectivity index (χ3v) is 2.27. The molecule has 2 N–H and O–H groups in total. The number of hydrogen-bond acceptors (Lipinski definition) is 5. The number of nitrogen functional groups attached to an aromatic ring is 1. The number of aromatic nitrogens is 1. The Balaban J connectivity index is 2.31. The molecule has 0 fully saturated rings. The van der Waals surface area contributed by atoms with Crippen LogP contribution in [-0.4, -0.2) is 12.1 Å². The van der Waals surface area contributed by atoms with Crippen molar-refractivity contribution in [2.45, 2.75) is 0 Å². The molecule has 0 spiro atoms. The van der Waals surface area contributed by atoms with Crippen molar-refractivity contribution < 1.29 is 9.47 Å². The van der Waals surface area contributed by atoms with Gasteiger partial charge in [-0.05, 0) is 24.3 Å². The van der Waals surface area contributed by atoms with E-state index in [9.17, 15) is 0 Å². The van der Waals surface area contributed by atoms with Gasteiger partial charge in [0.05, 0.1) is 12.7 Å². The Morgan fingerprint density at radius 3 is 2.83 bits per heavy atom. The molecule has 90 valence electrons.